The Kier molecular flexibility index (Phi) is 23.0. The molecule has 0 saturated carbocycles. The normalized spacial score (nSPS) is 20.2. The fraction of sp³-hybridized carbons (Fsp3) is 0.441. The smallest absolute Gasteiger partial charge is 0.417 e. The second kappa shape index (κ2) is 30.8. The first kappa shape index (κ1) is 73.2. The molecule has 0 aliphatic carbocycles. The predicted octanol–water partition coefficient (Wildman–Crippen LogP) is 11.6. The summed E-state index contributed by atoms with van der Waals surface area (Å²) in [6.45, 7) is 6.61. The topological polar surface area (TPSA) is 169 Å². The van der Waals surface area contributed by atoms with Crippen LogP contribution in [0.5, 0.6) is 23.0 Å². The standard InChI is InChI=1S/2C34H36F6N4O5/c2*1-23-19-32(49-25-9-7-24(8-10-25)33(35,36)37,22-44(21-23)30(45)26-20-41-12-11-27(26)34(38,39)40)31(46)43-15-13-42(14-16-43)28-5-3-4-6-29(28)48-18-17-47-2/h2*3-12,20,23H,13-19,21-22H2,1-2H3/t2*23-,32?/m10/s1. The molecule has 6 aromatic rings. The number of para-hydroxylation sites is 4. The van der Waals surface area contributed by atoms with Crippen LogP contribution in [0.2, 0.25) is 0 Å². The summed E-state index contributed by atoms with van der Waals surface area (Å²) in [5.41, 5.74) is -7.53. The zero-order chi connectivity index (χ0) is 70.8. The number of carbonyl (C=O) groups excluding carboxylic acids is 4. The summed E-state index contributed by atoms with van der Waals surface area (Å²) in [6.07, 6.45) is -15.2. The van der Waals surface area contributed by atoms with Crippen LogP contribution in [0.1, 0.15) is 69.7 Å². The zero-order valence-corrected chi connectivity index (χ0v) is 53.8. The lowest BCUT2D eigenvalue weighted by atomic mass is 9.84. The third-order valence-corrected chi connectivity index (χ3v) is 17.0. The third-order valence-electron chi connectivity index (χ3n) is 17.0. The highest BCUT2D eigenvalue weighted by Gasteiger charge is 2.53. The molecular weight excluding hydrogens is 1320 g/mol. The van der Waals surface area contributed by atoms with E-state index in [1.165, 1.54) is 0 Å². The Morgan fingerprint density at radius 2 is 0.796 bits per heavy atom. The molecule has 0 spiro atoms. The highest BCUT2D eigenvalue weighted by molar-refractivity contribution is 5.98. The SMILES string of the molecule is COCCOc1ccccc1N1CCN(C(=O)C2(Oc3ccc(C(F)(F)F)cc3)C[C@@H](C)CN(C(=O)c3cnccc3C(F)(F)F)C2)CC1.COCCOc1ccccc1N1CCN(C(=O)C2(Oc3ccc(C(F)(F)F)cc3)C[C@H](C)CN(C(=O)c3cnccc3C(F)(F)F)C2)CC1. The van der Waals surface area contributed by atoms with Crippen LogP contribution < -0.4 is 28.7 Å². The van der Waals surface area contributed by atoms with E-state index in [0.29, 0.717) is 76.2 Å². The number of methoxy groups -OCH3 is 2. The lowest BCUT2D eigenvalue weighted by Crippen LogP contribution is -2.65. The summed E-state index contributed by atoms with van der Waals surface area (Å²) in [5.74, 6) is -2.71. The minimum atomic E-state index is -4.84. The first-order valence-electron chi connectivity index (χ1n) is 31.3. The van der Waals surface area contributed by atoms with Crippen molar-refractivity contribution in [1.29, 1.82) is 0 Å². The Hall–Kier alpha value is -9.06. The highest BCUT2D eigenvalue weighted by Crippen LogP contribution is 2.42. The molecule has 4 atom stereocenters. The van der Waals surface area contributed by atoms with Gasteiger partial charge in [0.2, 0.25) is 11.2 Å². The summed E-state index contributed by atoms with van der Waals surface area (Å²) in [4.78, 5) is 73.3. The van der Waals surface area contributed by atoms with Gasteiger partial charge in [-0.2, -0.15) is 52.7 Å². The molecule has 10 rings (SSSR count). The van der Waals surface area contributed by atoms with Crippen molar-refractivity contribution in [2.75, 3.05) is 129 Å². The molecule has 4 saturated heterocycles. The van der Waals surface area contributed by atoms with Gasteiger partial charge in [0.25, 0.3) is 23.6 Å². The largest absolute Gasteiger partial charge is 0.489 e. The van der Waals surface area contributed by atoms with Crippen molar-refractivity contribution in [3.8, 4) is 23.0 Å². The van der Waals surface area contributed by atoms with Crippen LogP contribution in [0.25, 0.3) is 0 Å². The van der Waals surface area contributed by atoms with E-state index in [0.717, 1.165) is 94.5 Å². The van der Waals surface area contributed by atoms with E-state index < -0.39 is 118 Å². The van der Waals surface area contributed by atoms with Crippen molar-refractivity contribution < 1.29 is 100 Å². The maximum atomic E-state index is 14.5. The molecule has 18 nitrogen and oxygen atoms in total. The molecule has 4 fully saturated rings. The van der Waals surface area contributed by atoms with Crippen molar-refractivity contribution in [2.24, 2.45) is 11.8 Å². The number of ether oxygens (including phenoxy) is 6. The lowest BCUT2D eigenvalue weighted by Gasteiger charge is -2.47. The number of halogens is 12. The number of anilines is 2. The van der Waals surface area contributed by atoms with Gasteiger partial charge in [-0.1, -0.05) is 38.1 Å². The molecule has 30 heteroatoms. The maximum Gasteiger partial charge on any atom is 0.417 e. The molecule has 4 aliphatic heterocycles. The van der Waals surface area contributed by atoms with Gasteiger partial charge in [-0.05, 0) is 96.8 Å². The quantitative estimate of drug-likeness (QED) is 0.0588. The lowest BCUT2D eigenvalue weighted by molar-refractivity contribution is -0.155. The van der Waals surface area contributed by atoms with Gasteiger partial charge in [0, 0.05) is 117 Å². The molecule has 98 heavy (non-hydrogen) atoms. The molecule has 528 valence electrons. The average Bonchev–Trinajstić information content (AvgIpc) is 0.764. The van der Waals surface area contributed by atoms with Crippen molar-refractivity contribution >= 4 is 35.0 Å². The number of piperidine rings is 2. The number of hydrogen-bond acceptors (Lipinski definition) is 14. The summed E-state index contributed by atoms with van der Waals surface area (Å²) in [5, 5.41) is 0. The molecule has 2 unspecified atom stereocenters. The second-order valence-corrected chi connectivity index (χ2v) is 24.2. The number of piperazine rings is 2. The van der Waals surface area contributed by atoms with Gasteiger partial charge in [0.15, 0.2) is 0 Å². The monoisotopic (exact) mass is 1390 g/mol. The molecule has 0 radical (unpaired) electrons. The molecule has 4 aliphatic rings. The van der Waals surface area contributed by atoms with Crippen LogP contribution >= 0.6 is 0 Å². The minimum Gasteiger partial charge on any atom is -0.489 e. The zero-order valence-electron chi connectivity index (χ0n) is 53.8. The number of alkyl halides is 12. The number of carbonyl (C=O) groups is 4. The summed E-state index contributed by atoms with van der Waals surface area (Å²) >= 11 is 0. The number of rotatable bonds is 18. The number of likely N-dealkylation sites (tertiary alicyclic amines) is 2. The van der Waals surface area contributed by atoms with Gasteiger partial charge in [0.1, 0.15) is 36.2 Å². The van der Waals surface area contributed by atoms with Gasteiger partial charge in [0.05, 0.1) is 71.1 Å². The summed E-state index contributed by atoms with van der Waals surface area (Å²) in [7, 11) is 3.14. The first-order chi connectivity index (χ1) is 46.4. The number of amides is 4. The first-order valence-corrected chi connectivity index (χ1v) is 31.3. The van der Waals surface area contributed by atoms with Crippen molar-refractivity contribution in [3.05, 3.63) is 167 Å². The fourth-order valence-corrected chi connectivity index (χ4v) is 12.6. The van der Waals surface area contributed by atoms with Crippen molar-refractivity contribution in [3.63, 3.8) is 0 Å². The molecule has 6 heterocycles. The molecule has 0 bridgehead atoms. The van der Waals surface area contributed by atoms with E-state index in [-0.39, 0.29) is 63.6 Å². The Labute approximate surface area is 556 Å². The maximum absolute atomic E-state index is 14.5. The summed E-state index contributed by atoms with van der Waals surface area (Å²) < 4.78 is 197. The Balaban J connectivity index is 0.000000229. The third kappa shape index (κ3) is 17.6. The number of aromatic nitrogens is 2. The van der Waals surface area contributed by atoms with Crippen molar-refractivity contribution in [1.82, 2.24) is 29.6 Å². The van der Waals surface area contributed by atoms with E-state index in [1.807, 2.05) is 48.5 Å². The van der Waals surface area contributed by atoms with Gasteiger partial charge in [-0.25, -0.2) is 0 Å². The summed E-state index contributed by atoms with van der Waals surface area (Å²) in [6, 6.07) is 23.9. The second-order valence-electron chi connectivity index (χ2n) is 24.2. The number of nitrogens with zero attached hydrogens (tertiary/aromatic N) is 8. The number of hydrogen-bond donors (Lipinski definition) is 0. The number of pyridine rings is 2. The minimum absolute atomic E-state index is 0.0179. The fourth-order valence-electron chi connectivity index (χ4n) is 12.6. The number of benzene rings is 4. The average molecular weight is 1390 g/mol. The predicted molar refractivity (Wildman–Crippen MR) is 333 cm³/mol. The van der Waals surface area contributed by atoms with Crippen molar-refractivity contribution in [2.45, 2.75) is 62.6 Å². The van der Waals surface area contributed by atoms with E-state index >= 15 is 0 Å². The van der Waals surface area contributed by atoms with Gasteiger partial charge in [-0.3, -0.25) is 29.1 Å². The van der Waals surface area contributed by atoms with E-state index in [2.05, 4.69) is 19.8 Å². The van der Waals surface area contributed by atoms with Gasteiger partial charge in [-0.15, -0.1) is 0 Å². The van der Waals surface area contributed by atoms with Gasteiger partial charge < -0.3 is 57.8 Å². The van der Waals surface area contributed by atoms with E-state index in [1.54, 1.807) is 37.9 Å². The highest BCUT2D eigenvalue weighted by atomic mass is 19.4. The van der Waals surface area contributed by atoms with Crippen LogP contribution in [0.3, 0.4) is 0 Å². The van der Waals surface area contributed by atoms with Gasteiger partial charge >= 0.3 is 24.7 Å². The molecule has 4 aromatic carbocycles. The van der Waals surface area contributed by atoms with Crippen LogP contribution in [0.4, 0.5) is 64.1 Å². The Bertz CT molecular complexity index is 3460. The van der Waals surface area contributed by atoms with Crippen LogP contribution in [-0.2, 0) is 43.8 Å². The van der Waals surface area contributed by atoms with Crippen LogP contribution in [0.15, 0.2) is 134 Å². The molecule has 4 amide bonds. The molecule has 0 N–H and O–H groups in total. The van der Waals surface area contributed by atoms with E-state index in [4.69, 9.17) is 28.4 Å². The molecule has 2 aromatic heterocycles. The van der Waals surface area contributed by atoms with Crippen LogP contribution in [-0.4, -0.2) is 184 Å². The van der Waals surface area contributed by atoms with Crippen LogP contribution in [0, 0.1) is 11.8 Å². The Morgan fingerprint density at radius 1 is 0.449 bits per heavy atom. The van der Waals surface area contributed by atoms with E-state index in [9.17, 15) is 71.9 Å². The molecular formula is C68H72F12N8O10. The Morgan fingerprint density at radius 3 is 1.12 bits per heavy atom.